The van der Waals surface area contributed by atoms with E-state index >= 15 is 0 Å². The first-order chi connectivity index (χ1) is 15.2. The lowest BCUT2D eigenvalue weighted by molar-refractivity contribution is 0.772. The van der Waals surface area contributed by atoms with Crippen molar-refractivity contribution in [2.24, 2.45) is 0 Å². The molecule has 0 heteroatoms. The highest BCUT2D eigenvalue weighted by molar-refractivity contribution is 5.44. The maximum Gasteiger partial charge on any atom is -0.0124 e. The van der Waals surface area contributed by atoms with Crippen molar-refractivity contribution in [2.45, 2.75) is 100 Å². The molecule has 1 aliphatic rings. The second kappa shape index (κ2) is 18.3. The highest BCUT2D eigenvalue weighted by atomic mass is 14.0. The Balaban J connectivity index is 0.000000566. The third-order valence-electron chi connectivity index (χ3n) is 5.39. The van der Waals surface area contributed by atoms with E-state index in [4.69, 9.17) is 0 Å². The first-order valence-corrected chi connectivity index (χ1v) is 12.4. The van der Waals surface area contributed by atoms with Crippen molar-refractivity contribution >= 4 is 0 Å². The Bertz CT molecular complexity index is 831. The number of unbranched alkanes of at least 4 members (excludes halogenated alkanes) is 3. The third-order valence-corrected chi connectivity index (χ3v) is 5.39. The lowest BCUT2D eigenvalue weighted by Crippen LogP contribution is -1.82. The predicted octanol–water partition coefficient (Wildman–Crippen LogP) is 10.5. The molecule has 0 saturated carbocycles. The molecule has 32 heavy (non-hydrogen) atoms. The van der Waals surface area contributed by atoms with Crippen LogP contribution in [0.25, 0.3) is 0 Å². The van der Waals surface area contributed by atoms with E-state index in [9.17, 15) is 0 Å². The van der Waals surface area contributed by atoms with Gasteiger partial charge in [-0.15, -0.1) is 5.73 Å². The van der Waals surface area contributed by atoms with Gasteiger partial charge in [0.2, 0.25) is 0 Å². The lowest BCUT2D eigenvalue weighted by atomic mass is 10.0. The highest BCUT2D eigenvalue weighted by Crippen LogP contribution is 2.18. The molecule has 0 spiro atoms. The van der Waals surface area contributed by atoms with E-state index in [1.54, 1.807) is 0 Å². The maximum atomic E-state index is 3.93. The first kappa shape index (κ1) is 29.7. The summed E-state index contributed by atoms with van der Waals surface area (Å²) in [6.07, 6.45) is 19.5. The summed E-state index contributed by atoms with van der Waals surface area (Å²) < 4.78 is 0. The minimum Gasteiger partial charge on any atom is -0.120 e. The van der Waals surface area contributed by atoms with Gasteiger partial charge in [-0.1, -0.05) is 101 Å². The van der Waals surface area contributed by atoms with E-state index < -0.39 is 0 Å². The summed E-state index contributed by atoms with van der Waals surface area (Å²) in [5, 5.41) is 0. The largest absolute Gasteiger partial charge is 0.120 e. The molecule has 0 aromatic heterocycles. The molecule has 0 radical (unpaired) electrons. The minimum atomic E-state index is 0.952. The summed E-state index contributed by atoms with van der Waals surface area (Å²) in [6.45, 7) is 21.2. The highest BCUT2D eigenvalue weighted by Gasteiger charge is 1.99. The Hall–Kier alpha value is -2.30. The van der Waals surface area contributed by atoms with Crippen LogP contribution in [0.5, 0.6) is 0 Å². The van der Waals surface area contributed by atoms with Gasteiger partial charge in [0.1, 0.15) is 0 Å². The maximum absolute atomic E-state index is 3.93. The van der Waals surface area contributed by atoms with Gasteiger partial charge in [-0.25, -0.2) is 0 Å². The van der Waals surface area contributed by atoms with Crippen molar-refractivity contribution < 1.29 is 0 Å². The summed E-state index contributed by atoms with van der Waals surface area (Å²) in [5.41, 5.74) is 12.5. The standard InChI is InChI=1S/C18H24.C9H12.C5H12/c1-5-6-8-17-9-7-10-18(14-13-17)16(4)12-11-15(2)3;1-7-4-5-8(2)9(3)6-7;1-3-5-4-2/h9-10,12-14H,2,5-6,8,11H2,1,3-4H3;4-6H,1-3H3;3-5H2,1-2H3/b16-12+;;. The van der Waals surface area contributed by atoms with Crippen molar-refractivity contribution in [3.05, 3.63) is 99.9 Å². The lowest BCUT2D eigenvalue weighted by Gasteiger charge is -2.01. The van der Waals surface area contributed by atoms with Gasteiger partial charge in [-0.05, 0) is 93.9 Å². The molecule has 0 amide bonds. The minimum absolute atomic E-state index is 0.952. The van der Waals surface area contributed by atoms with E-state index in [1.807, 2.05) is 0 Å². The van der Waals surface area contributed by atoms with Gasteiger partial charge in [0, 0.05) is 0 Å². The Labute approximate surface area is 200 Å². The molecular formula is C32H48. The molecule has 0 bridgehead atoms. The second-order valence-corrected chi connectivity index (χ2v) is 8.91. The molecule has 1 aromatic carbocycles. The van der Waals surface area contributed by atoms with Gasteiger partial charge in [0.25, 0.3) is 0 Å². The monoisotopic (exact) mass is 432 g/mol. The van der Waals surface area contributed by atoms with Crippen molar-refractivity contribution in [1.29, 1.82) is 0 Å². The number of allylic oxidation sites excluding steroid dienone is 8. The van der Waals surface area contributed by atoms with Gasteiger partial charge >= 0.3 is 0 Å². The van der Waals surface area contributed by atoms with E-state index in [2.05, 4.69) is 116 Å². The van der Waals surface area contributed by atoms with Crippen LogP contribution in [0, 0.1) is 20.8 Å². The van der Waals surface area contributed by atoms with Crippen LogP contribution in [0.1, 0.15) is 96.3 Å². The third kappa shape index (κ3) is 14.7. The molecular weight excluding hydrogens is 384 g/mol. The van der Waals surface area contributed by atoms with Crippen LogP contribution in [0.15, 0.2) is 83.2 Å². The number of aryl methyl sites for hydroxylation is 3. The fourth-order valence-electron chi connectivity index (χ4n) is 3.00. The van der Waals surface area contributed by atoms with E-state index in [1.165, 1.54) is 71.1 Å². The number of benzene rings is 1. The molecule has 1 aliphatic carbocycles. The average Bonchev–Trinajstić information content (AvgIpc) is 3.00. The van der Waals surface area contributed by atoms with Crippen LogP contribution >= 0.6 is 0 Å². The molecule has 0 nitrogen and oxygen atoms in total. The van der Waals surface area contributed by atoms with E-state index in [0.29, 0.717) is 0 Å². The summed E-state index contributed by atoms with van der Waals surface area (Å²) in [5.74, 6) is 0. The fraction of sp³-hybridized carbons (Fsp3) is 0.469. The zero-order chi connectivity index (χ0) is 24.4. The van der Waals surface area contributed by atoms with Gasteiger partial charge in [-0.2, -0.15) is 0 Å². The van der Waals surface area contributed by atoms with Gasteiger partial charge < -0.3 is 0 Å². The van der Waals surface area contributed by atoms with Gasteiger partial charge in [0.05, 0.1) is 0 Å². The zero-order valence-electron chi connectivity index (χ0n) is 22.3. The van der Waals surface area contributed by atoms with Crippen LogP contribution < -0.4 is 0 Å². The summed E-state index contributed by atoms with van der Waals surface area (Å²) in [6, 6.07) is 6.50. The quantitative estimate of drug-likeness (QED) is 0.283. The molecule has 0 saturated heterocycles. The van der Waals surface area contributed by atoms with Crippen molar-refractivity contribution in [3.63, 3.8) is 0 Å². The molecule has 1 aromatic rings. The normalized spacial score (nSPS) is 12.6. The molecule has 0 fully saturated rings. The van der Waals surface area contributed by atoms with Crippen molar-refractivity contribution in [3.8, 4) is 0 Å². The molecule has 0 aliphatic heterocycles. The Morgan fingerprint density at radius 1 is 0.875 bits per heavy atom. The summed E-state index contributed by atoms with van der Waals surface area (Å²) in [7, 11) is 0. The molecule has 0 atom stereocenters. The van der Waals surface area contributed by atoms with Crippen LogP contribution in [-0.4, -0.2) is 0 Å². The van der Waals surface area contributed by atoms with Gasteiger partial charge in [0.15, 0.2) is 0 Å². The molecule has 176 valence electrons. The first-order valence-electron chi connectivity index (χ1n) is 12.4. The fourth-order valence-corrected chi connectivity index (χ4v) is 3.00. The van der Waals surface area contributed by atoms with Crippen LogP contribution in [0.2, 0.25) is 0 Å². The summed E-state index contributed by atoms with van der Waals surface area (Å²) >= 11 is 0. The number of rotatable bonds is 8. The molecule has 2 rings (SSSR count). The average molecular weight is 433 g/mol. The Kier molecular flexibility index (Phi) is 17.0. The molecule has 0 unspecified atom stereocenters. The zero-order valence-corrected chi connectivity index (χ0v) is 22.3. The van der Waals surface area contributed by atoms with Crippen molar-refractivity contribution in [2.75, 3.05) is 0 Å². The topological polar surface area (TPSA) is 0 Å². The molecule has 0 heterocycles. The van der Waals surface area contributed by atoms with E-state index in [0.717, 1.165) is 12.8 Å². The number of hydrogen-bond acceptors (Lipinski definition) is 0. The Morgan fingerprint density at radius 3 is 2.03 bits per heavy atom. The summed E-state index contributed by atoms with van der Waals surface area (Å²) in [4.78, 5) is 0. The number of hydrogen-bond donors (Lipinski definition) is 0. The van der Waals surface area contributed by atoms with Crippen LogP contribution in [-0.2, 0) is 0 Å². The van der Waals surface area contributed by atoms with Crippen molar-refractivity contribution in [1.82, 2.24) is 0 Å². The smallest absolute Gasteiger partial charge is 0.0124 e. The van der Waals surface area contributed by atoms with Crippen LogP contribution in [0.4, 0.5) is 0 Å². The Morgan fingerprint density at radius 2 is 1.53 bits per heavy atom. The van der Waals surface area contributed by atoms with Crippen LogP contribution in [0.3, 0.4) is 0 Å². The SMILES string of the molecule is C=C(C)C/C=C(\C)C1=CC=C(CCCC)C=C=C1.CCCCC.Cc1ccc(C)c(C)c1. The van der Waals surface area contributed by atoms with Gasteiger partial charge in [-0.3, -0.25) is 0 Å². The predicted molar refractivity (Wildman–Crippen MR) is 147 cm³/mol. The second-order valence-electron chi connectivity index (χ2n) is 8.91. The van der Waals surface area contributed by atoms with E-state index in [-0.39, 0.29) is 0 Å². The molecule has 0 N–H and O–H groups in total.